The molecule has 1 spiro atoms. The van der Waals surface area contributed by atoms with E-state index in [-0.39, 0.29) is 5.79 Å². The fraction of sp³-hybridized carbons (Fsp3) is 0.438. The summed E-state index contributed by atoms with van der Waals surface area (Å²) in [7, 11) is 0. The zero-order valence-electron chi connectivity index (χ0n) is 11.4. The molecule has 2 saturated heterocycles. The maximum absolute atomic E-state index is 5.77. The summed E-state index contributed by atoms with van der Waals surface area (Å²) in [6.07, 6.45) is 3.83. The van der Waals surface area contributed by atoms with Gasteiger partial charge in [-0.15, -0.1) is 0 Å². The Morgan fingerprint density at radius 2 is 1.80 bits per heavy atom. The van der Waals surface area contributed by atoms with E-state index in [1.54, 1.807) is 0 Å². The molecule has 2 fully saturated rings. The van der Waals surface area contributed by atoms with Crippen molar-refractivity contribution < 1.29 is 9.47 Å². The number of hydrogen-bond donors (Lipinski definition) is 0. The van der Waals surface area contributed by atoms with E-state index in [4.69, 9.17) is 9.47 Å². The molecule has 0 atom stereocenters. The first-order valence-corrected chi connectivity index (χ1v) is 7.22. The normalized spacial score (nSPS) is 21.7. The van der Waals surface area contributed by atoms with Crippen molar-refractivity contribution in [1.29, 1.82) is 0 Å². The Morgan fingerprint density at radius 3 is 2.60 bits per heavy atom. The van der Waals surface area contributed by atoms with Gasteiger partial charge in [-0.1, -0.05) is 18.2 Å². The van der Waals surface area contributed by atoms with Crippen molar-refractivity contribution in [3.63, 3.8) is 0 Å². The highest BCUT2D eigenvalue weighted by Gasteiger charge is 2.39. The molecule has 0 amide bonds. The van der Waals surface area contributed by atoms with Gasteiger partial charge in [0.05, 0.1) is 30.6 Å². The minimum atomic E-state index is -0.305. The van der Waals surface area contributed by atoms with Gasteiger partial charge in [0.25, 0.3) is 0 Å². The van der Waals surface area contributed by atoms with Crippen LogP contribution in [0, 0.1) is 0 Å². The Bertz CT molecular complexity index is 613. The summed E-state index contributed by atoms with van der Waals surface area (Å²) in [6, 6.07) is 10.5. The standard InChI is InChI=1S/C16H18N2O2/c1-2-4-15-13(3-1)11-14(12-17-15)18-7-5-16(6-8-18)19-9-10-20-16/h1-4,11-12H,5-10H2. The van der Waals surface area contributed by atoms with Crippen molar-refractivity contribution in [3.05, 3.63) is 36.5 Å². The van der Waals surface area contributed by atoms with Crippen molar-refractivity contribution in [3.8, 4) is 0 Å². The van der Waals surface area contributed by atoms with Crippen LogP contribution in [-0.2, 0) is 9.47 Å². The maximum Gasteiger partial charge on any atom is 0.171 e. The summed E-state index contributed by atoms with van der Waals surface area (Å²) in [5.41, 5.74) is 2.24. The lowest BCUT2D eigenvalue weighted by molar-refractivity contribution is -0.169. The number of benzene rings is 1. The lowest BCUT2D eigenvalue weighted by Gasteiger charge is -2.38. The minimum Gasteiger partial charge on any atom is -0.370 e. The number of nitrogens with zero attached hydrogens (tertiary/aromatic N) is 2. The van der Waals surface area contributed by atoms with Gasteiger partial charge in [-0.2, -0.15) is 0 Å². The predicted octanol–water partition coefficient (Wildman–Crippen LogP) is 2.58. The number of rotatable bonds is 1. The van der Waals surface area contributed by atoms with Gasteiger partial charge in [-0.25, -0.2) is 0 Å². The molecule has 0 N–H and O–H groups in total. The summed E-state index contributed by atoms with van der Waals surface area (Å²) in [4.78, 5) is 6.91. The molecule has 1 aromatic heterocycles. The Kier molecular flexibility index (Phi) is 2.86. The van der Waals surface area contributed by atoms with Crippen LogP contribution < -0.4 is 4.90 Å². The van der Waals surface area contributed by atoms with Gasteiger partial charge in [-0.05, 0) is 12.1 Å². The predicted molar refractivity (Wildman–Crippen MR) is 77.8 cm³/mol. The zero-order chi connectivity index (χ0) is 13.4. The van der Waals surface area contributed by atoms with Gasteiger partial charge in [-0.3, -0.25) is 4.98 Å². The molecule has 4 heteroatoms. The second-order valence-electron chi connectivity index (χ2n) is 5.48. The Labute approximate surface area is 118 Å². The smallest absolute Gasteiger partial charge is 0.171 e. The highest BCUT2D eigenvalue weighted by molar-refractivity contribution is 5.81. The van der Waals surface area contributed by atoms with E-state index in [2.05, 4.69) is 28.1 Å². The topological polar surface area (TPSA) is 34.6 Å². The van der Waals surface area contributed by atoms with Crippen LogP contribution in [0.5, 0.6) is 0 Å². The van der Waals surface area contributed by atoms with Crippen LogP contribution in [0.4, 0.5) is 5.69 Å². The third-order valence-corrected chi connectivity index (χ3v) is 4.28. The third-order valence-electron chi connectivity index (χ3n) is 4.28. The Hall–Kier alpha value is -1.65. The van der Waals surface area contributed by atoms with E-state index >= 15 is 0 Å². The summed E-state index contributed by atoms with van der Waals surface area (Å²) in [5, 5.41) is 1.19. The monoisotopic (exact) mass is 270 g/mol. The maximum atomic E-state index is 5.77. The van der Waals surface area contributed by atoms with Crippen LogP contribution in [0.1, 0.15) is 12.8 Å². The van der Waals surface area contributed by atoms with E-state index < -0.39 is 0 Å². The first kappa shape index (κ1) is 12.1. The number of pyridine rings is 1. The number of piperidine rings is 1. The molecule has 3 heterocycles. The highest BCUT2D eigenvalue weighted by atomic mass is 16.7. The van der Waals surface area contributed by atoms with Crippen molar-refractivity contribution in [2.45, 2.75) is 18.6 Å². The first-order chi connectivity index (χ1) is 9.85. The molecule has 0 aliphatic carbocycles. The summed E-state index contributed by atoms with van der Waals surface area (Å²) in [6.45, 7) is 3.38. The van der Waals surface area contributed by atoms with E-state index in [0.29, 0.717) is 0 Å². The second kappa shape index (κ2) is 4.72. The average molecular weight is 270 g/mol. The molecule has 2 aliphatic heterocycles. The van der Waals surface area contributed by atoms with E-state index in [0.717, 1.165) is 44.7 Å². The second-order valence-corrected chi connectivity index (χ2v) is 5.48. The molecule has 2 aliphatic rings. The van der Waals surface area contributed by atoms with Gasteiger partial charge in [0.1, 0.15) is 0 Å². The molecule has 1 aromatic carbocycles. The third kappa shape index (κ3) is 2.05. The number of para-hydroxylation sites is 1. The molecule has 4 rings (SSSR count). The van der Waals surface area contributed by atoms with Crippen molar-refractivity contribution in [2.75, 3.05) is 31.2 Å². The summed E-state index contributed by atoms with van der Waals surface area (Å²) < 4.78 is 11.5. The van der Waals surface area contributed by atoms with Gasteiger partial charge >= 0.3 is 0 Å². The number of hydrogen-bond acceptors (Lipinski definition) is 4. The zero-order valence-corrected chi connectivity index (χ0v) is 11.4. The van der Waals surface area contributed by atoms with E-state index in [9.17, 15) is 0 Å². The van der Waals surface area contributed by atoms with Crippen LogP contribution >= 0.6 is 0 Å². The number of anilines is 1. The molecule has 2 aromatic rings. The van der Waals surface area contributed by atoms with E-state index in [1.165, 1.54) is 11.1 Å². The number of fused-ring (bicyclic) bond motifs is 1. The van der Waals surface area contributed by atoms with Crippen molar-refractivity contribution >= 4 is 16.6 Å². The number of ether oxygens (including phenoxy) is 2. The Morgan fingerprint density at radius 1 is 1.05 bits per heavy atom. The van der Waals surface area contributed by atoms with Gasteiger partial charge < -0.3 is 14.4 Å². The fourth-order valence-corrected chi connectivity index (χ4v) is 3.12. The molecule has 20 heavy (non-hydrogen) atoms. The lowest BCUT2D eigenvalue weighted by atomic mass is 10.0. The van der Waals surface area contributed by atoms with Crippen LogP contribution in [0.2, 0.25) is 0 Å². The molecule has 0 bridgehead atoms. The van der Waals surface area contributed by atoms with Crippen LogP contribution in [-0.4, -0.2) is 37.1 Å². The largest absolute Gasteiger partial charge is 0.370 e. The van der Waals surface area contributed by atoms with Gasteiger partial charge in [0, 0.05) is 31.3 Å². The van der Waals surface area contributed by atoms with Crippen LogP contribution in [0.3, 0.4) is 0 Å². The summed E-state index contributed by atoms with van der Waals surface area (Å²) in [5.74, 6) is -0.305. The number of aromatic nitrogens is 1. The average Bonchev–Trinajstić information content (AvgIpc) is 2.96. The first-order valence-electron chi connectivity index (χ1n) is 7.22. The van der Waals surface area contributed by atoms with Gasteiger partial charge in [0.15, 0.2) is 5.79 Å². The molecule has 0 unspecified atom stereocenters. The minimum absolute atomic E-state index is 0.305. The molecular weight excluding hydrogens is 252 g/mol. The Balaban J connectivity index is 1.55. The van der Waals surface area contributed by atoms with E-state index in [1.807, 2.05) is 18.3 Å². The fourth-order valence-electron chi connectivity index (χ4n) is 3.12. The van der Waals surface area contributed by atoms with Crippen LogP contribution in [0.15, 0.2) is 36.5 Å². The van der Waals surface area contributed by atoms with Crippen molar-refractivity contribution in [1.82, 2.24) is 4.98 Å². The van der Waals surface area contributed by atoms with Gasteiger partial charge in [0.2, 0.25) is 0 Å². The highest BCUT2D eigenvalue weighted by Crippen LogP contribution is 2.33. The molecule has 4 nitrogen and oxygen atoms in total. The molecule has 0 radical (unpaired) electrons. The SMILES string of the molecule is c1ccc2ncc(N3CCC4(CC3)OCCO4)cc2c1. The van der Waals surface area contributed by atoms with Crippen molar-refractivity contribution in [2.24, 2.45) is 0 Å². The molecule has 104 valence electrons. The molecular formula is C16H18N2O2. The lowest BCUT2D eigenvalue weighted by Crippen LogP contribution is -2.45. The molecule has 0 saturated carbocycles. The summed E-state index contributed by atoms with van der Waals surface area (Å²) >= 11 is 0. The quantitative estimate of drug-likeness (QED) is 0.797. The van der Waals surface area contributed by atoms with Crippen LogP contribution in [0.25, 0.3) is 10.9 Å².